The van der Waals surface area contributed by atoms with Crippen molar-refractivity contribution in [1.29, 1.82) is 0 Å². The van der Waals surface area contributed by atoms with E-state index >= 15 is 0 Å². The second-order valence-electron chi connectivity index (χ2n) is 6.98. The molecule has 1 aromatic heterocycles. The van der Waals surface area contributed by atoms with E-state index in [0.29, 0.717) is 17.5 Å². The highest BCUT2D eigenvalue weighted by Gasteiger charge is 2.24. The molecule has 0 bridgehead atoms. The maximum atomic E-state index is 6.41. The molecule has 0 atom stereocenters. The first-order valence-corrected chi connectivity index (χ1v) is 8.82. The number of nitrogens with two attached hydrogens (primary N) is 1. The van der Waals surface area contributed by atoms with Crippen molar-refractivity contribution in [2.75, 3.05) is 43.1 Å². The zero-order chi connectivity index (χ0) is 18.0. The Bertz CT molecular complexity index is 737. The second kappa shape index (κ2) is 7.27. The minimum Gasteiger partial charge on any atom is -0.393 e. The van der Waals surface area contributed by atoms with Crippen molar-refractivity contribution in [3.63, 3.8) is 0 Å². The van der Waals surface area contributed by atoms with Crippen molar-refractivity contribution in [1.82, 2.24) is 14.9 Å². The Morgan fingerprint density at radius 1 is 1.20 bits per heavy atom. The Morgan fingerprint density at radius 2 is 1.92 bits per heavy atom. The molecule has 3 N–H and O–H groups in total. The molecular weight excluding hydrogens is 312 g/mol. The summed E-state index contributed by atoms with van der Waals surface area (Å²) in [6.07, 6.45) is 3.83. The summed E-state index contributed by atoms with van der Waals surface area (Å²) in [5.41, 5.74) is 10.5. The minimum atomic E-state index is 0.460. The van der Waals surface area contributed by atoms with Crippen LogP contribution >= 0.6 is 0 Å². The summed E-state index contributed by atoms with van der Waals surface area (Å²) in [6, 6.07) is 6.64. The SMILES string of the molecule is Cc1cccc(Nc2ncnc(N(C)C3CCN(C)CC3)c2N)c1C. The number of likely N-dealkylation sites (tertiary alicyclic amines) is 1. The standard InChI is InChI=1S/C19H28N6/c1-13-6-5-7-16(14(13)2)23-18-17(20)19(22-12-21-18)25(4)15-8-10-24(3)11-9-15/h5-7,12,15H,8-11,20H2,1-4H3,(H,21,22,23). The van der Waals surface area contributed by atoms with Gasteiger partial charge in [-0.3, -0.25) is 0 Å². The molecule has 0 radical (unpaired) electrons. The van der Waals surface area contributed by atoms with Gasteiger partial charge in [0.25, 0.3) is 0 Å². The molecule has 1 aliphatic heterocycles. The molecule has 1 fully saturated rings. The largest absolute Gasteiger partial charge is 0.393 e. The molecule has 25 heavy (non-hydrogen) atoms. The van der Waals surface area contributed by atoms with Crippen molar-refractivity contribution < 1.29 is 0 Å². The average Bonchev–Trinajstić information content (AvgIpc) is 2.61. The molecule has 0 spiro atoms. The van der Waals surface area contributed by atoms with Crippen LogP contribution in [0.1, 0.15) is 24.0 Å². The molecule has 0 aliphatic carbocycles. The molecular formula is C19H28N6. The zero-order valence-electron chi connectivity index (χ0n) is 15.6. The highest BCUT2D eigenvalue weighted by Crippen LogP contribution is 2.31. The molecule has 1 aliphatic rings. The maximum absolute atomic E-state index is 6.41. The summed E-state index contributed by atoms with van der Waals surface area (Å²) >= 11 is 0. The first kappa shape index (κ1) is 17.5. The van der Waals surface area contributed by atoms with Crippen LogP contribution in [0.3, 0.4) is 0 Å². The predicted molar refractivity (Wildman–Crippen MR) is 105 cm³/mol. The van der Waals surface area contributed by atoms with Gasteiger partial charge in [0.2, 0.25) is 0 Å². The molecule has 2 heterocycles. The van der Waals surface area contributed by atoms with Crippen LogP contribution in [0, 0.1) is 13.8 Å². The van der Waals surface area contributed by atoms with Crippen LogP contribution in [0.15, 0.2) is 24.5 Å². The van der Waals surface area contributed by atoms with Crippen molar-refractivity contribution in [2.24, 2.45) is 0 Å². The minimum absolute atomic E-state index is 0.460. The number of piperidine rings is 1. The number of nitrogens with zero attached hydrogens (tertiary/aromatic N) is 4. The number of hydrogen-bond acceptors (Lipinski definition) is 6. The van der Waals surface area contributed by atoms with Crippen LogP contribution in [-0.4, -0.2) is 48.1 Å². The molecule has 134 valence electrons. The molecule has 1 saturated heterocycles. The number of anilines is 4. The Hall–Kier alpha value is -2.34. The van der Waals surface area contributed by atoms with Crippen LogP contribution < -0.4 is 16.0 Å². The van der Waals surface area contributed by atoms with E-state index < -0.39 is 0 Å². The van der Waals surface area contributed by atoms with Crippen LogP contribution in [-0.2, 0) is 0 Å². The topological polar surface area (TPSA) is 70.3 Å². The van der Waals surface area contributed by atoms with Crippen LogP contribution in [0.5, 0.6) is 0 Å². The van der Waals surface area contributed by atoms with E-state index in [4.69, 9.17) is 5.73 Å². The lowest BCUT2D eigenvalue weighted by molar-refractivity contribution is 0.252. The van der Waals surface area contributed by atoms with Gasteiger partial charge in [-0.2, -0.15) is 0 Å². The molecule has 3 rings (SSSR count). The number of nitrogens with one attached hydrogen (secondary N) is 1. The molecule has 0 unspecified atom stereocenters. The van der Waals surface area contributed by atoms with Gasteiger partial charge in [-0.15, -0.1) is 0 Å². The lowest BCUT2D eigenvalue weighted by atomic mass is 10.0. The zero-order valence-corrected chi connectivity index (χ0v) is 15.6. The van der Waals surface area contributed by atoms with E-state index in [1.165, 1.54) is 11.1 Å². The smallest absolute Gasteiger partial charge is 0.159 e. The summed E-state index contributed by atoms with van der Waals surface area (Å²) in [7, 11) is 4.25. The van der Waals surface area contributed by atoms with E-state index in [0.717, 1.165) is 37.4 Å². The van der Waals surface area contributed by atoms with E-state index in [9.17, 15) is 0 Å². The fourth-order valence-electron chi connectivity index (χ4n) is 3.34. The highest BCUT2D eigenvalue weighted by molar-refractivity contribution is 5.79. The molecule has 6 heteroatoms. The van der Waals surface area contributed by atoms with Gasteiger partial charge in [-0.05, 0) is 64.0 Å². The third kappa shape index (κ3) is 3.69. The van der Waals surface area contributed by atoms with Gasteiger partial charge in [0.05, 0.1) is 0 Å². The van der Waals surface area contributed by atoms with E-state index in [2.05, 4.69) is 59.1 Å². The van der Waals surface area contributed by atoms with Crippen LogP contribution in [0.4, 0.5) is 23.0 Å². The fraction of sp³-hybridized carbons (Fsp3) is 0.474. The number of nitrogen functional groups attached to an aromatic ring is 1. The van der Waals surface area contributed by atoms with Gasteiger partial charge in [-0.25, -0.2) is 9.97 Å². The Kier molecular flexibility index (Phi) is 5.08. The monoisotopic (exact) mass is 340 g/mol. The average molecular weight is 340 g/mol. The van der Waals surface area contributed by atoms with Gasteiger partial charge >= 0.3 is 0 Å². The number of hydrogen-bond donors (Lipinski definition) is 2. The van der Waals surface area contributed by atoms with Gasteiger partial charge in [-0.1, -0.05) is 12.1 Å². The Morgan fingerprint density at radius 3 is 2.64 bits per heavy atom. The molecule has 0 amide bonds. The van der Waals surface area contributed by atoms with Crippen molar-refractivity contribution >= 4 is 23.0 Å². The van der Waals surface area contributed by atoms with Crippen molar-refractivity contribution in [2.45, 2.75) is 32.7 Å². The lowest BCUT2D eigenvalue weighted by Crippen LogP contribution is -2.42. The number of aryl methyl sites for hydroxylation is 1. The third-order valence-electron chi connectivity index (χ3n) is 5.29. The summed E-state index contributed by atoms with van der Waals surface area (Å²) in [5, 5.41) is 3.38. The molecule has 0 saturated carbocycles. The Balaban J connectivity index is 1.83. The summed E-state index contributed by atoms with van der Waals surface area (Å²) in [5.74, 6) is 1.47. The van der Waals surface area contributed by atoms with Gasteiger partial charge in [0, 0.05) is 18.8 Å². The van der Waals surface area contributed by atoms with Crippen molar-refractivity contribution in [3.05, 3.63) is 35.7 Å². The highest BCUT2D eigenvalue weighted by atomic mass is 15.2. The summed E-state index contributed by atoms with van der Waals surface area (Å²) < 4.78 is 0. The first-order valence-electron chi connectivity index (χ1n) is 8.82. The quantitative estimate of drug-likeness (QED) is 0.892. The van der Waals surface area contributed by atoms with Crippen LogP contribution in [0.25, 0.3) is 0 Å². The summed E-state index contributed by atoms with van der Waals surface area (Å²) in [4.78, 5) is 13.4. The molecule has 6 nitrogen and oxygen atoms in total. The Labute approximate surface area is 150 Å². The third-order valence-corrected chi connectivity index (χ3v) is 5.29. The van der Waals surface area contributed by atoms with Crippen molar-refractivity contribution in [3.8, 4) is 0 Å². The lowest BCUT2D eigenvalue weighted by Gasteiger charge is -2.36. The van der Waals surface area contributed by atoms with Gasteiger partial charge in [0.15, 0.2) is 11.6 Å². The fourth-order valence-corrected chi connectivity index (χ4v) is 3.34. The number of rotatable bonds is 4. The number of benzene rings is 1. The van der Waals surface area contributed by atoms with Crippen LogP contribution in [0.2, 0.25) is 0 Å². The first-order chi connectivity index (χ1) is 12.0. The molecule has 2 aromatic rings. The second-order valence-corrected chi connectivity index (χ2v) is 6.98. The molecule has 1 aromatic carbocycles. The normalized spacial score (nSPS) is 16.0. The number of aromatic nitrogens is 2. The van der Waals surface area contributed by atoms with E-state index in [1.54, 1.807) is 6.33 Å². The summed E-state index contributed by atoms with van der Waals surface area (Å²) in [6.45, 7) is 6.41. The van der Waals surface area contributed by atoms with E-state index in [-0.39, 0.29) is 0 Å². The van der Waals surface area contributed by atoms with E-state index in [1.807, 2.05) is 12.1 Å². The predicted octanol–water partition coefficient (Wildman–Crippen LogP) is 2.95. The van der Waals surface area contributed by atoms with Gasteiger partial charge < -0.3 is 20.9 Å². The van der Waals surface area contributed by atoms with Gasteiger partial charge in [0.1, 0.15) is 12.0 Å². The maximum Gasteiger partial charge on any atom is 0.159 e.